The number of thiophene rings is 1. The fourth-order valence-electron chi connectivity index (χ4n) is 3.20. The third kappa shape index (κ3) is 3.34. The molecule has 1 amide bonds. The zero-order valence-electron chi connectivity index (χ0n) is 13.9. The molecule has 1 atom stereocenters. The van der Waals surface area contributed by atoms with Crippen LogP contribution in [0.5, 0.6) is 0 Å². The van der Waals surface area contributed by atoms with Crippen LogP contribution in [0.15, 0.2) is 27.4 Å². The van der Waals surface area contributed by atoms with Gasteiger partial charge in [0.05, 0.1) is 12.2 Å². The van der Waals surface area contributed by atoms with Crippen molar-refractivity contribution in [2.24, 2.45) is 7.05 Å². The van der Waals surface area contributed by atoms with Gasteiger partial charge in [0.1, 0.15) is 0 Å². The molecule has 3 aromatic rings. The SMILES string of the molecule is Cn1ncc2c1CCC[C@H]2NC(=O)CCc1nnc(-c2ccsc2)o1. The number of carbonyl (C=O) groups is 1. The molecule has 0 bridgehead atoms. The minimum Gasteiger partial charge on any atom is -0.421 e. The van der Waals surface area contributed by atoms with Crippen LogP contribution < -0.4 is 5.32 Å². The Morgan fingerprint density at radius 2 is 2.40 bits per heavy atom. The van der Waals surface area contributed by atoms with Gasteiger partial charge in [-0.15, -0.1) is 10.2 Å². The number of nitrogens with zero attached hydrogens (tertiary/aromatic N) is 4. The van der Waals surface area contributed by atoms with Crippen molar-refractivity contribution in [1.29, 1.82) is 0 Å². The Labute approximate surface area is 149 Å². The van der Waals surface area contributed by atoms with Gasteiger partial charge in [-0.3, -0.25) is 9.48 Å². The van der Waals surface area contributed by atoms with E-state index < -0.39 is 0 Å². The molecule has 1 aliphatic carbocycles. The molecule has 1 aliphatic rings. The van der Waals surface area contributed by atoms with E-state index in [1.54, 1.807) is 11.3 Å². The van der Waals surface area contributed by atoms with Gasteiger partial charge in [0, 0.05) is 42.1 Å². The van der Waals surface area contributed by atoms with Crippen LogP contribution >= 0.6 is 11.3 Å². The lowest BCUT2D eigenvalue weighted by Gasteiger charge is -2.23. The van der Waals surface area contributed by atoms with E-state index in [2.05, 4.69) is 20.6 Å². The highest BCUT2D eigenvalue weighted by Gasteiger charge is 2.24. The highest BCUT2D eigenvalue weighted by atomic mass is 32.1. The molecule has 7 nitrogen and oxygen atoms in total. The number of nitrogens with one attached hydrogen (secondary N) is 1. The van der Waals surface area contributed by atoms with E-state index in [9.17, 15) is 4.79 Å². The Hall–Kier alpha value is -2.48. The van der Waals surface area contributed by atoms with E-state index in [4.69, 9.17) is 4.42 Å². The van der Waals surface area contributed by atoms with Crippen molar-refractivity contribution < 1.29 is 9.21 Å². The fraction of sp³-hybridized carbons (Fsp3) is 0.412. The zero-order chi connectivity index (χ0) is 17.2. The number of carbonyl (C=O) groups excluding carboxylic acids is 1. The molecule has 3 heterocycles. The molecule has 0 radical (unpaired) electrons. The molecule has 0 saturated heterocycles. The Bertz CT molecular complexity index is 868. The molecule has 1 N–H and O–H groups in total. The molecule has 0 aromatic carbocycles. The molecule has 8 heteroatoms. The molecule has 0 aliphatic heterocycles. The summed E-state index contributed by atoms with van der Waals surface area (Å²) in [5.41, 5.74) is 3.27. The topological polar surface area (TPSA) is 85.8 Å². The monoisotopic (exact) mass is 357 g/mol. The van der Waals surface area contributed by atoms with E-state index in [1.165, 1.54) is 5.69 Å². The van der Waals surface area contributed by atoms with Crippen LogP contribution in [-0.4, -0.2) is 25.9 Å². The van der Waals surface area contributed by atoms with Crippen molar-refractivity contribution in [2.75, 3.05) is 0 Å². The predicted molar refractivity (Wildman–Crippen MR) is 93.0 cm³/mol. The summed E-state index contributed by atoms with van der Waals surface area (Å²) >= 11 is 1.58. The first-order valence-electron chi connectivity index (χ1n) is 8.36. The molecular formula is C17H19N5O2S. The van der Waals surface area contributed by atoms with Crippen LogP contribution in [0.3, 0.4) is 0 Å². The molecule has 0 fully saturated rings. The highest BCUT2D eigenvalue weighted by Crippen LogP contribution is 2.29. The summed E-state index contributed by atoms with van der Waals surface area (Å²) in [5.74, 6) is 0.989. The van der Waals surface area contributed by atoms with E-state index >= 15 is 0 Å². The van der Waals surface area contributed by atoms with Crippen molar-refractivity contribution in [3.63, 3.8) is 0 Å². The van der Waals surface area contributed by atoms with E-state index in [-0.39, 0.29) is 11.9 Å². The zero-order valence-corrected chi connectivity index (χ0v) is 14.8. The summed E-state index contributed by atoms with van der Waals surface area (Å²) in [6.07, 6.45) is 5.67. The van der Waals surface area contributed by atoms with Gasteiger partial charge in [0.25, 0.3) is 0 Å². The molecule has 0 spiro atoms. The number of fused-ring (bicyclic) bond motifs is 1. The van der Waals surface area contributed by atoms with Crippen molar-refractivity contribution >= 4 is 17.2 Å². The number of amides is 1. The van der Waals surface area contributed by atoms with Crippen LogP contribution in [-0.2, 0) is 24.7 Å². The van der Waals surface area contributed by atoms with Crippen molar-refractivity contribution in [2.45, 2.75) is 38.1 Å². The van der Waals surface area contributed by atoms with Crippen LogP contribution in [0.2, 0.25) is 0 Å². The van der Waals surface area contributed by atoms with Crippen molar-refractivity contribution in [1.82, 2.24) is 25.3 Å². The number of rotatable bonds is 5. The maximum atomic E-state index is 12.3. The largest absolute Gasteiger partial charge is 0.421 e. The molecule has 0 saturated carbocycles. The second-order valence-corrected chi connectivity index (χ2v) is 6.98. The van der Waals surface area contributed by atoms with E-state index in [0.29, 0.717) is 24.6 Å². The lowest BCUT2D eigenvalue weighted by Crippen LogP contribution is -2.31. The molecule has 25 heavy (non-hydrogen) atoms. The Kier molecular flexibility index (Phi) is 4.35. The number of hydrogen-bond acceptors (Lipinski definition) is 6. The third-order valence-electron chi connectivity index (χ3n) is 4.51. The van der Waals surface area contributed by atoms with Crippen LogP contribution in [0.25, 0.3) is 11.5 Å². The van der Waals surface area contributed by atoms with Crippen molar-refractivity contribution in [3.8, 4) is 11.5 Å². The number of aromatic nitrogens is 4. The summed E-state index contributed by atoms with van der Waals surface area (Å²) in [6, 6.07) is 1.98. The van der Waals surface area contributed by atoms with Gasteiger partial charge < -0.3 is 9.73 Å². The first-order chi connectivity index (χ1) is 12.2. The summed E-state index contributed by atoms with van der Waals surface area (Å²) in [6.45, 7) is 0. The summed E-state index contributed by atoms with van der Waals surface area (Å²) in [5, 5.41) is 19.4. The fourth-order valence-corrected chi connectivity index (χ4v) is 3.83. The Morgan fingerprint density at radius 3 is 3.24 bits per heavy atom. The lowest BCUT2D eigenvalue weighted by molar-refractivity contribution is -0.122. The summed E-state index contributed by atoms with van der Waals surface area (Å²) < 4.78 is 7.52. The van der Waals surface area contributed by atoms with Crippen LogP contribution in [0.1, 0.15) is 42.5 Å². The number of aryl methyl sites for hydroxylation is 2. The van der Waals surface area contributed by atoms with E-state index in [1.807, 2.05) is 34.8 Å². The standard InChI is InChI=1S/C17H19N5O2S/c1-22-14-4-2-3-13(12(14)9-18-22)19-15(23)5-6-16-20-21-17(24-16)11-7-8-25-10-11/h7-10,13H,2-6H2,1H3,(H,19,23)/t13-/m1/s1. The van der Waals surface area contributed by atoms with Gasteiger partial charge in [-0.1, -0.05) is 0 Å². The van der Waals surface area contributed by atoms with Gasteiger partial charge in [0.15, 0.2) is 0 Å². The van der Waals surface area contributed by atoms with Crippen LogP contribution in [0, 0.1) is 0 Å². The first kappa shape index (κ1) is 16.0. The first-order valence-corrected chi connectivity index (χ1v) is 9.30. The number of hydrogen-bond donors (Lipinski definition) is 1. The predicted octanol–water partition coefficient (Wildman–Crippen LogP) is 2.66. The summed E-state index contributed by atoms with van der Waals surface area (Å²) in [7, 11) is 1.95. The average Bonchev–Trinajstić information content (AvgIpc) is 3.34. The molecular weight excluding hydrogens is 338 g/mol. The second kappa shape index (κ2) is 6.79. The lowest BCUT2D eigenvalue weighted by atomic mass is 9.93. The smallest absolute Gasteiger partial charge is 0.248 e. The molecule has 0 unspecified atom stereocenters. The maximum absolute atomic E-state index is 12.3. The molecule has 130 valence electrons. The van der Waals surface area contributed by atoms with Crippen molar-refractivity contribution in [3.05, 3.63) is 40.2 Å². The van der Waals surface area contributed by atoms with Gasteiger partial charge in [-0.05, 0) is 30.7 Å². The average molecular weight is 357 g/mol. The van der Waals surface area contributed by atoms with Crippen LogP contribution in [0.4, 0.5) is 0 Å². The maximum Gasteiger partial charge on any atom is 0.248 e. The minimum absolute atomic E-state index is 0.00279. The molecule has 3 aromatic heterocycles. The third-order valence-corrected chi connectivity index (χ3v) is 5.20. The van der Waals surface area contributed by atoms with Gasteiger partial charge >= 0.3 is 0 Å². The quantitative estimate of drug-likeness (QED) is 0.759. The van der Waals surface area contributed by atoms with Gasteiger partial charge in [-0.2, -0.15) is 16.4 Å². The normalized spacial score (nSPS) is 16.6. The minimum atomic E-state index is -0.00279. The summed E-state index contributed by atoms with van der Waals surface area (Å²) in [4.78, 5) is 12.3. The van der Waals surface area contributed by atoms with Gasteiger partial charge in [-0.25, -0.2) is 0 Å². The second-order valence-electron chi connectivity index (χ2n) is 6.20. The Morgan fingerprint density at radius 1 is 1.48 bits per heavy atom. The Balaban J connectivity index is 1.34. The van der Waals surface area contributed by atoms with Gasteiger partial charge in [0.2, 0.25) is 17.7 Å². The van der Waals surface area contributed by atoms with E-state index in [0.717, 1.165) is 30.4 Å². The highest BCUT2D eigenvalue weighted by molar-refractivity contribution is 7.08. The molecule has 4 rings (SSSR count).